The lowest BCUT2D eigenvalue weighted by atomic mass is 10.2. The van der Waals surface area contributed by atoms with Gasteiger partial charge in [-0.2, -0.15) is 13.2 Å². The summed E-state index contributed by atoms with van der Waals surface area (Å²) >= 11 is 0. The highest BCUT2D eigenvalue weighted by Gasteiger charge is 2.30. The Morgan fingerprint density at radius 3 is 2.61 bits per heavy atom. The van der Waals surface area contributed by atoms with E-state index in [0.29, 0.717) is 16.9 Å². The second kappa shape index (κ2) is 3.63. The van der Waals surface area contributed by atoms with Crippen molar-refractivity contribution < 1.29 is 13.2 Å². The topological polar surface area (TPSA) is 44.5 Å². The van der Waals surface area contributed by atoms with Crippen molar-refractivity contribution in [2.24, 2.45) is 0 Å². The van der Waals surface area contributed by atoms with Gasteiger partial charge in [0.15, 0.2) is 5.82 Å². The zero-order chi connectivity index (χ0) is 12.8. The number of aromatic amines is 2. The van der Waals surface area contributed by atoms with Crippen molar-refractivity contribution in [2.75, 3.05) is 0 Å². The number of fused-ring (bicyclic) bond motifs is 1. The number of rotatable bonds is 1. The lowest BCUT2D eigenvalue weighted by Crippen LogP contribution is -2.04. The molecule has 0 saturated heterocycles. The molecule has 18 heavy (non-hydrogen) atoms. The molecule has 0 aliphatic heterocycles. The van der Waals surface area contributed by atoms with E-state index in [2.05, 4.69) is 15.0 Å². The molecule has 1 aromatic carbocycles. The summed E-state index contributed by atoms with van der Waals surface area (Å²) in [6.45, 7) is 0. The van der Waals surface area contributed by atoms with Gasteiger partial charge in [0.2, 0.25) is 0 Å². The smallest absolute Gasteiger partial charge is 0.359 e. The van der Waals surface area contributed by atoms with E-state index in [1.165, 1.54) is 6.07 Å². The molecule has 0 radical (unpaired) electrons. The van der Waals surface area contributed by atoms with Gasteiger partial charge in [0.1, 0.15) is 0 Å². The number of nitrogens with one attached hydrogen (secondary N) is 2. The van der Waals surface area contributed by atoms with Crippen molar-refractivity contribution in [1.29, 1.82) is 0 Å². The summed E-state index contributed by atoms with van der Waals surface area (Å²) in [5, 5.41) is 0. The third kappa shape index (κ3) is 1.75. The Labute approximate surface area is 99.7 Å². The first kappa shape index (κ1) is 10.9. The number of benzene rings is 1. The van der Waals surface area contributed by atoms with Gasteiger partial charge in [-0.15, -0.1) is 0 Å². The largest absolute Gasteiger partial charge is 0.416 e. The minimum Gasteiger partial charge on any atom is -0.359 e. The van der Waals surface area contributed by atoms with E-state index in [9.17, 15) is 13.2 Å². The average Bonchev–Trinajstić information content (AvgIpc) is 2.95. The molecule has 0 aliphatic rings. The Bertz CT molecular complexity index is 680. The van der Waals surface area contributed by atoms with Crippen LogP contribution in [0.2, 0.25) is 0 Å². The van der Waals surface area contributed by atoms with Crippen molar-refractivity contribution >= 4 is 11.0 Å². The first-order chi connectivity index (χ1) is 8.54. The van der Waals surface area contributed by atoms with E-state index < -0.39 is 11.7 Å². The summed E-state index contributed by atoms with van der Waals surface area (Å²) < 4.78 is 37.7. The van der Waals surface area contributed by atoms with Gasteiger partial charge < -0.3 is 9.97 Å². The molecule has 0 unspecified atom stereocenters. The summed E-state index contributed by atoms with van der Waals surface area (Å²) in [5.74, 6) is 0.523. The van der Waals surface area contributed by atoms with E-state index in [1.54, 1.807) is 18.3 Å². The van der Waals surface area contributed by atoms with Crippen molar-refractivity contribution in [3.05, 3.63) is 42.1 Å². The molecule has 92 valence electrons. The van der Waals surface area contributed by atoms with Crippen LogP contribution in [0.4, 0.5) is 13.2 Å². The van der Waals surface area contributed by atoms with Crippen LogP contribution in [0.25, 0.3) is 22.6 Å². The number of halogens is 3. The number of alkyl halides is 3. The average molecular weight is 251 g/mol. The maximum absolute atomic E-state index is 12.6. The predicted octanol–water partition coefficient (Wildman–Crippen LogP) is 3.58. The monoisotopic (exact) mass is 251 g/mol. The highest BCUT2D eigenvalue weighted by Crippen LogP contribution is 2.31. The molecule has 3 nitrogen and oxygen atoms in total. The van der Waals surface area contributed by atoms with Crippen LogP contribution >= 0.6 is 0 Å². The first-order valence-corrected chi connectivity index (χ1v) is 5.25. The Balaban J connectivity index is 2.13. The molecule has 0 amide bonds. The zero-order valence-electron chi connectivity index (χ0n) is 9.05. The Kier molecular flexibility index (Phi) is 2.19. The molecule has 2 N–H and O–H groups in total. The molecular weight excluding hydrogens is 243 g/mol. The third-order valence-corrected chi connectivity index (χ3v) is 2.66. The molecule has 3 aromatic rings. The van der Waals surface area contributed by atoms with E-state index >= 15 is 0 Å². The number of H-pyrrole nitrogens is 2. The van der Waals surface area contributed by atoms with Crippen molar-refractivity contribution in [3.8, 4) is 11.5 Å². The van der Waals surface area contributed by atoms with Crippen LogP contribution in [0.15, 0.2) is 36.5 Å². The van der Waals surface area contributed by atoms with Crippen molar-refractivity contribution in [3.63, 3.8) is 0 Å². The molecule has 0 saturated carbocycles. The molecule has 0 aliphatic carbocycles. The summed E-state index contributed by atoms with van der Waals surface area (Å²) in [5.41, 5.74) is 0.929. The molecule has 3 rings (SSSR count). The van der Waals surface area contributed by atoms with Crippen LogP contribution in [0, 0.1) is 0 Å². The lowest BCUT2D eigenvalue weighted by Gasteiger charge is -2.05. The van der Waals surface area contributed by atoms with Crippen LogP contribution in [-0.2, 0) is 6.18 Å². The summed E-state index contributed by atoms with van der Waals surface area (Å²) in [4.78, 5) is 10.0. The second-order valence-corrected chi connectivity index (χ2v) is 3.90. The van der Waals surface area contributed by atoms with Gasteiger partial charge in [-0.3, -0.25) is 0 Å². The fourth-order valence-corrected chi connectivity index (χ4v) is 1.79. The molecule has 2 aromatic heterocycles. The number of hydrogen-bond acceptors (Lipinski definition) is 1. The summed E-state index contributed by atoms with van der Waals surface area (Å²) in [6.07, 6.45) is -2.62. The molecule has 0 bridgehead atoms. The van der Waals surface area contributed by atoms with Crippen molar-refractivity contribution in [2.45, 2.75) is 6.18 Å². The highest BCUT2D eigenvalue weighted by atomic mass is 19.4. The number of nitrogens with zero attached hydrogens (tertiary/aromatic N) is 1. The Hall–Kier alpha value is -2.24. The normalized spacial score (nSPS) is 12.2. The molecule has 6 heteroatoms. The van der Waals surface area contributed by atoms with Crippen LogP contribution in [0.1, 0.15) is 5.56 Å². The predicted molar refractivity (Wildman–Crippen MR) is 60.9 cm³/mol. The SMILES string of the molecule is FC(F)(F)c1ccc2nc(-c3ccc[nH]3)[nH]c2c1. The minimum atomic E-state index is -4.34. The van der Waals surface area contributed by atoms with Gasteiger partial charge in [-0.25, -0.2) is 4.98 Å². The third-order valence-electron chi connectivity index (χ3n) is 2.66. The Morgan fingerprint density at radius 2 is 1.94 bits per heavy atom. The summed E-state index contributed by atoms with van der Waals surface area (Å²) in [7, 11) is 0. The van der Waals surface area contributed by atoms with Crippen LogP contribution in [0.5, 0.6) is 0 Å². The zero-order valence-corrected chi connectivity index (χ0v) is 9.05. The molecule has 2 heterocycles. The van der Waals surface area contributed by atoms with Gasteiger partial charge in [-0.05, 0) is 30.3 Å². The fourth-order valence-electron chi connectivity index (χ4n) is 1.79. The van der Waals surface area contributed by atoms with Gasteiger partial charge >= 0.3 is 6.18 Å². The maximum atomic E-state index is 12.6. The standard InChI is InChI=1S/C12H8F3N3/c13-12(14,15)7-3-4-8-10(6-7)18-11(17-8)9-2-1-5-16-9/h1-6,16H,(H,17,18). The molecule has 0 spiro atoms. The molecular formula is C12H8F3N3. The maximum Gasteiger partial charge on any atom is 0.416 e. The van der Waals surface area contributed by atoms with Gasteiger partial charge in [0.25, 0.3) is 0 Å². The van der Waals surface area contributed by atoms with Gasteiger partial charge in [-0.1, -0.05) is 0 Å². The van der Waals surface area contributed by atoms with Crippen LogP contribution in [0.3, 0.4) is 0 Å². The van der Waals surface area contributed by atoms with E-state index in [0.717, 1.165) is 17.8 Å². The van der Waals surface area contributed by atoms with Crippen molar-refractivity contribution in [1.82, 2.24) is 15.0 Å². The summed E-state index contributed by atoms with van der Waals surface area (Å²) in [6, 6.07) is 7.05. The lowest BCUT2D eigenvalue weighted by molar-refractivity contribution is -0.137. The fraction of sp³-hybridized carbons (Fsp3) is 0.0833. The Morgan fingerprint density at radius 1 is 1.11 bits per heavy atom. The number of imidazole rings is 1. The van der Waals surface area contributed by atoms with Gasteiger partial charge in [0, 0.05) is 6.20 Å². The highest BCUT2D eigenvalue weighted by molar-refractivity contribution is 5.79. The number of aromatic nitrogens is 3. The van der Waals surface area contributed by atoms with Crippen LogP contribution in [-0.4, -0.2) is 15.0 Å². The molecule has 0 fully saturated rings. The van der Waals surface area contributed by atoms with Crippen LogP contribution < -0.4 is 0 Å². The first-order valence-electron chi connectivity index (χ1n) is 5.25. The van der Waals surface area contributed by atoms with Gasteiger partial charge in [0.05, 0.1) is 22.3 Å². The molecule has 0 atom stereocenters. The second-order valence-electron chi connectivity index (χ2n) is 3.90. The van der Waals surface area contributed by atoms with E-state index in [4.69, 9.17) is 0 Å². The van der Waals surface area contributed by atoms with E-state index in [-0.39, 0.29) is 0 Å². The number of hydrogen-bond donors (Lipinski definition) is 2. The minimum absolute atomic E-state index is 0.370. The van der Waals surface area contributed by atoms with E-state index in [1.807, 2.05) is 0 Å². The quantitative estimate of drug-likeness (QED) is 0.682.